The van der Waals surface area contributed by atoms with Gasteiger partial charge in [-0.05, 0) is 63.7 Å². The molecular weight excluding hydrogens is 328 g/mol. The van der Waals surface area contributed by atoms with E-state index in [1.165, 1.54) is 0 Å². The van der Waals surface area contributed by atoms with Crippen LogP contribution in [-0.2, 0) is 15.1 Å². The van der Waals surface area contributed by atoms with Crippen LogP contribution in [-0.4, -0.2) is 53.8 Å². The summed E-state index contributed by atoms with van der Waals surface area (Å²) >= 11 is 0. The molecule has 0 aromatic carbocycles. The topological polar surface area (TPSA) is 79.5 Å². The maximum absolute atomic E-state index is 12.5. The molecule has 1 saturated heterocycles. The van der Waals surface area contributed by atoms with Crippen LogP contribution < -0.4 is 5.73 Å². The van der Waals surface area contributed by atoms with Crippen molar-refractivity contribution in [2.45, 2.75) is 50.5 Å². The molecule has 2 heterocycles. The zero-order valence-corrected chi connectivity index (χ0v) is 15.9. The fourth-order valence-corrected chi connectivity index (χ4v) is 4.73. The quantitative estimate of drug-likeness (QED) is 0.842. The summed E-state index contributed by atoms with van der Waals surface area (Å²) in [5.41, 5.74) is 6.37. The molecular formula is C20H30N4O2. The van der Waals surface area contributed by atoms with E-state index in [1.807, 2.05) is 17.2 Å². The summed E-state index contributed by atoms with van der Waals surface area (Å²) in [6, 6.07) is 6.13. The Balaban J connectivity index is 1.67. The van der Waals surface area contributed by atoms with Crippen molar-refractivity contribution < 1.29 is 9.59 Å². The Hall–Kier alpha value is -1.95. The predicted molar refractivity (Wildman–Crippen MR) is 100 cm³/mol. The van der Waals surface area contributed by atoms with Gasteiger partial charge in [-0.3, -0.25) is 19.5 Å². The zero-order chi connectivity index (χ0) is 18.8. The molecule has 1 aromatic heterocycles. The maximum atomic E-state index is 12.5. The van der Waals surface area contributed by atoms with E-state index in [-0.39, 0.29) is 22.8 Å². The van der Waals surface area contributed by atoms with Crippen LogP contribution in [0.1, 0.15) is 50.6 Å². The number of primary amides is 1. The Morgan fingerprint density at radius 1 is 1.27 bits per heavy atom. The van der Waals surface area contributed by atoms with Crippen molar-refractivity contribution in [3.05, 3.63) is 30.1 Å². The second kappa shape index (κ2) is 7.35. The Kier molecular flexibility index (Phi) is 5.32. The van der Waals surface area contributed by atoms with Crippen LogP contribution in [0.2, 0.25) is 0 Å². The van der Waals surface area contributed by atoms with Crippen LogP contribution in [0.3, 0.4) is 0 Å². The van der Waals surface area contributed by atoms with Crippen molar-refractivity contribution in [3.63, 3.8) is 0 Å². The van der Waals surface area contributed by atoms with E-state index < -0.39 is 0 Å². The molecule has 2 aliphatic rings. The number of likely N-dealkylation sites (tertiary alicyclic amines) is 1. The highest BCUT2D eigenvalue weighted by molar-refractivity contribution is 5.79. The number of aromatic nitrogens is 1. The number of carbonyl (C=O) groups excluding carboxylic acids is 2. The second-order valence-corrected chi connectivity index (χ2v) is 8.20. The first kappa shape index (κ1) is 18.8. The summed E-state index contributed by atoms with van der Waals surface area (Å²) in [5, 5.41) is 0. The normalized spacial score (nSPS) is 28.9. The minimum absolute atomic E-state index is 0.0467. The highest BCUT2D eigenvalue weighted by Gasteiger charge is 2.50. The van der Waals surface area contributed by atoms with E-state index in [9.17, 15) is 9.59 Å². The minimum Gasteiger partial charge on any atom is -0.370 e. The SMILES string of the molecule is CN(C)C1(c2ccccn2)CCC2(CC1)CC(=O)N(CCCC(N)=O)C2. The second-order valence-electron chi connectivity index (χ2n) is 8.20. The monoisotopic (exact) mass is 358 g/mol. The molecule has 6 nitrogen and oxygen atoms in total. The van der Waals surface area contributed by atoms with E-state index in [0.29, 0.717) is 25.8 Å². The summed E-state index contributed by atoms with van der Waals surface area (Å²) in [4.78, 5) is 32.3. The number of nitrogens with two attached hydrogens (primary N) is 1. The van der Waals surface area contributed by atoms with E-state index in [2.05, 4.69) is 36.1 Å². The molecule has 142 valence electrons. The standard InChI is InChI=1S/C20H30N4O2/c1-23(2)20(16-6-3-4-12-22-16)10-8-19(9-11-20)14-18(26)24(15-19)13-5-7-17(21)25/h3-4,6,12H,5,7-11,13-15H2,1-2H3,(H2,21,25). The average molecular weight is 358 g/mol. The van der Waals surface area contributed by atoms with Crippen molar-refractivity contribution in [3.8, 4) is 0 Å². The van der Waals surface area contributed by atoms with Gasteiger partial charge < -0.3 is 10.6 Å². The maximum Gasteiger partial charge on any atom is 0.223 e. The Labute approximate surface area is 155 Å². The van der Waals surface area contributed by atoms with Gasteiger partial charge in [-0.15, -0.1) is 0 Å². The number of hydrogen-bond acceptors (Lipinski definition) is 4. The highest BCUT2D eigenvalue weighted by Crippen LogP contribution is 2.51. The van der Waals surface area contributed by atoms with Crippen LogP contribution in [0.4, 0.5) is 0 Å². The van der Waals surface area contributed by atoms with E-state index in [1.54, 1.807) is 0 Å². The number of carbonyl (C=O) groups is 2. The van der Waals surface area contributed by atoms with Crippen LogP contribution in [0.25, 0.3) is 0 Å². The Morgan fingerprint density at radius 3 is 2.58 bits per heavy atom. The van der Waals surface area contributed by atoms with Gasteiger partial charge in [0.15, 0.2) is 0 Å². The number of rotatable bonds is 6. The van der Waals surface area contributed by atoms with Crippen LogP contribution in [0.15, 0.2) is 24.4 Å². The molecule has 2 fully saturated rings. The molecule has 0 atom stereocenters. The van der Waals surface area contributed by atoms with Gasteiger partial charge in [0, 0.05) is 32.1 Å². The zero-order valence-electron chi connectivity index (χ0n) is 15.9. The lowest BCUT2D eigenvalue weighted by atomic mass is 9.65. The summed E-state index contributed by atoms with van der Waals surface area (Å²) in [5.74, 6) is -0.0696. The molecule has 3 rings (SSSR count). The summed E-state index contributed by atoms with van der Waals surface area (Å²) in [6.07, 6.45) is 7.59. The van der Waals surface area contributed by atoms with Crippen molar-refractivity contribution in [2.24, 2.45) is 11.1 Å². The summed E-state index contributed by atoms with van der Waals surface area (Å²) < 4.78 is 0. The lowest BCUT2D eigenvalue weighted by Crippen LogP contribution is -2.48. The largest absolute Gasteiger partial charge is 0.370 e. The molecule has 0 radical (unpaired) electrons. The fraction of sp³-hybridized carbons (Fsp3) is 0.650. The lowest BCUT2D eigenvalue weighted by Gasteiger charge is -2.48. The first-order valence-corrected chi connectivity index (χ1v) is 9.52. The molecule has 1 saturated carbocycles. The summed E-state index contributed by atoms with van der Waals surface area (Å²) in [6.45, 7) is 1.46. The molecule has 1 aliphatic heterocycles. The number of pyridine rings is 1. The Bertz CT molecular complexity index is 651. The van der Waals surface area contributed by atoms with Gasteiger partial charge in [0.2, 0.25) is 11.8 Å². The van der Waals surface area contributed by atoms with Gasteiger partial charge in [-0.1, -0.05) is 6.07 Å². The van der Waals surface area contributed by atoms with Crippen molar-refractivity contribution in [2.75, 3.05) is 27.2 Å². The van der Waals surface area contributed by atoms with E-state index in [0.717, 1.165) is 37.9 Å². The van der Waals surface area contributed by atoms with Gasteiger partial charge in [0.1, 0.15) is 0 Å². The third-order valence-corrected chi connectivity index (χ3v) is 6.39. The van der Waals surface area contributed by atoms with E-state index >= 15 is 0 Å². The molecule has 26 heavy (non-hydrogen) atoms. The van der Waals surface area contributed by atoms with Gasteiger partial charge in [0.25, 0.3) is 0 Å². The third-order valence-electron chi connectivity index (χ3n) is 6.39. The van der Waals surface area contributed by atoms with Crippen LogP contribution >= 0.6 is 0 Å². The molecule has 1 aliphatic carbocycles. The third kappa shape index (κ3) is 3.61. The van der Waals surface area contributed by atoms with Gasteiger partial charge in [0.05, 0.1) is 11.2 Å². The predicted octanol–water partition coefficient (Wildman–Crippen LogP) is 1.90. The number of amides is 2. The van der Waals surface area contributed by atoms with Gasteiger partial charge >= 0.3 is 0 Å². The summed E-state index contributed by atoms with van der Waals surface area (Å²) in [7, 11) is 4.26. The molecule has 2 N–H and O–H groups in total. The molecule has 2 amide bonds. The molecule has 0 unspecified atom stereocenters. The van der Waals surface area contributed by atoms with Crippen LogP contribution in [0, 0.1) is 5.41 Å². The molecule has 1 aromatic rings. The smallest absolute Gasteiger partial charge is 0.223 e. The van der Waals surface area contributed by atoms with Crippen molar-refractivity contribution in [1.29, 1.82) is 0 Å². The average Bonchev–Trinajstić information content (AvgIpc) is 2.91. The number of nitrogens with zero attached hydrogens (tertiary/aromatic N) is 3. The minimum atomic E-state index is -0.296. The fourth-order valence-electron chi connectivity index (χ4n) is 4.73. The highest BCUT2D eigenvalue weighted by atomic mass is 16.2. The van der Waals surface area contributed by atoms with Gasteiger partial charge in [-0.2, -0.15) is 0 Å². The van der Waals surface area contributed by atoms with Crippen LogP contribution in [0.5, 0.6) is 0 Å². The van der Waals surface area contributed by atoms with E-state index in [4.69, 9.17) is 5.73 Å². The molecule has 1 spiro atoms. The first-order valence-electron chi connectivity index (χ1n) is 9.52. The number of hydrogen-bond donors (Lipinski definition) is 1. The Morgan fingerprint density at radius 2 is 2.00 bits per heavy atom. The lowest BCUT2D eigenvalue weighted by molar-refractivity contribution is -0.128. The molecule has 0 bridgehead atoms. The molecule has 6 heteroatoms. The van der Waals surface area contributed by atoms with Crippen molar-refractivity contribution >= 4 is 11.8 Å². The van der Waals surface area contributed by atoms with Gasteiger partial charge in [-0.25, -0.2) is 0 Å². The van der Waals surface area contributed by atoms with Crippen molar-refractivity contribution in [1.82, 2.24) is 14.8 Å². The first-order chi connectivity index (χ1) is 12.4.